The predicted octanol–water partition coefficient (Wildman–Crippen LogP) is 0.785. The van der Waals surface area contributed by atoms with Gasteiger partial charge in [0.25, 0.3) is 0 Å². The average molecular weight is 200 g/mol. The van der Waals surface area contributed by atoms with Gasteiger partial charge >= 0.3 is 0 Å². The Labute approximate surface area is 87.7 Å². The number of rotatable bonds is 6. The predicted molar refractivity (Wildman–Crippen MR) is 59.5 cm³/mol. The van der Waals surface area contributed by atoms with Crippen molar-refractivity contribution < 1.29 is 5.11 Å². The van der Waals surface area contributed by atoms with E-state index >= 15 is 0 Å². The lowest BCUT2D eigenvalue weighted by atomic mass is 10.2. The van der Waals surface area contributed by atoms with Gasteiger partial charge in [-0.2, -0.15) is 0 Å². The van der Waals surface area contributed by atoms with Crippen molar-refractivity contribution >= 4 is 0 Å². The van der Waals surface area contributed by atoms with Gasteiger partial charge in [0.1, 0.15) is 0 Å². The summed E-state index contributed by atoms with van der Waals surface area (Å²) in [5, 5.41) is 9.16. The minimum Gasteiger partial charge on any atom is -0.395 e. The van der Waals surface area contributed by atoms with Gasteiger partial charge in [-0.1, -0.05) is 13.8 Å². The first-order chi connectivity index (χ1) is 6.81. The molecule has 0 aromatic heterocycles. The largest absolute Gasteiger partial charge is 0.395 e. The summed E-state index contributed by atoms with van der Waals surface area (Å²) < 4.78 is 0. The average Bonchev–Trinajstić information content (AvgIpc) is 2.67. The van der Waals surface area contributed by atoms with E-state index in [0.29, 0.717) is 12.6 Å². The van der Waals surface area contributed by atoms with Crippen molar-refractivity contribution in [2.75, 3.05) is 39.3 Å². The number of aliphatic hydroxyl groups is 1. The third-order valence-corrected chi connectivity index (χ3v) is 3.31. The molecule has 84 valence electrons. The van der Waals surface area contributed by atoms with Crippen molar-refractivity contribution in [2.45, 2.75) is 32.7 Å². The van der Waals surface area contributed by atoms with Crippen LogP contribution in [-0.4, -0.2) is 60.3 Å². The van der Waals surface area contributed by atoms with Crippen LogP contribution in [0.2, 0.25) is 0 Å². The Balaban J connectivity index is 2.22. The van der Waals surface area contributed by atoms with Crippen LogP contribution in [0.4, 0.5) is 0 Å². The molecule has 0 spiro atoms. The zero-order chi connectivity index (χ0) is 10.4. The van der Waals surface area contributed by atoms with Crippen LogP contribution in [0.5, 0.6) is 0 Å². The lowest BCUT2D eigenvalue weighted by Crippen LogP contribution is -2.39. The molecule has 0 aromatic carbocycles. The Morgan fingerprint density at radius 1 is 1.36 bits per heavy atom. The number of likely N-dealkylation sites (tertiary alicyclic amines) is 1. The van der Waals surface area contributed by atoms with Gasteiger partial charge in [-0.15, -0.1) is 0 Å². The van der Waals surface area contributed by atoms with Gasteiger partial charge < -0.3 is 10.0 Å². The Kier molecular flexibility index (Phi) is 5.45. The first kappa shape index (κ1) is 12.0. The van der Waals surface area contributed by atoms with Crippen LogP contribution >= 0.6 is 0 Å². The van der Waals surface area contributed by atoms with E-state index in [4.69, 9.17) is 5.11 Å². The lowest BCUT2D eigenvalue weighted by molar-refractivity contribution is 0.143. The van der Waals surface area contributed by atoms with E-state index in [1.54, 1.807) is 0 Å². The molecule has 3 heteroatoms. The number of nitrogens with zero attached hydrogens (tertiary/aromatic N) is 2. The summed E-state index contributed by atoms with van der Waals surface area (Å²) in [6.07, 6.45) is 2.43. The van der Waals surface area contributed by atoms with E-state index in [2.05, 4.69) is 23.6 Å². The van der Waals surface area contributed by atoms with Gasteiger partial charge in [-0.3, -0.25) is 4.90 Å². The highest BCUT2D eigenvalue weighted by Crippen LogP contribution is 2.15. The molecule has 0 aliphatic carbocycles. The molecule has 0 unspecified atom stereocenters. The molecule has 14 heavy (non-hydrogen) atoms. The molecule has 1 atom stereocenters. The van der Waals surface area contributed by atoms with Crippen LogP contribution in [0.25, 0.3) is 0 Å². The first-order valence-corrected chi connectivity index (χ1v) is 5.89. The third-order valence-electron chi connectivity index (χ3n) is 3.31. The minimum atomic E-state index is 0.332. The number of likely N-dealkylation sites (N-methyl/N-ethyl adjacent to an activating group) is 1. The van der Waals surface area contributed by atoms with Crippen molar-refractivity contribution in [2.24, 2.45) is 0 Å². The summed E-state index contributed by atoms with van der Waals surface area (Å²) in [5.74, 6) is 0. The summed E-state index contributed by atoms with van der Waals surface area (Å²) in [6, 6.07) is 0.436. The van der Waals surface area contributed by atoms with Crippen LogP contribution in [0.15, 0.2) is 0 Å². The number of hydrogen-bond acceptors (Lipinski definition) is 3. The zero-order valence-electron chi connectivity index (χ0n) is 9.58. The summed E-state index contributed by atoms with van der Waals surface area (Å²) in [7, 11) is 0. The molecule has 3 nitrogen and oxygen atoms in total. The molecule has 1 heterocycles. The van der Waals surface area contributed by atoms with E-state index < -0.39 is 0 Å². The fourth-order valence-electron chi connectivity index (χ4n) is 2.21. The van der Waals surface area contributed by atoms with Crippen molar-refractivity contribution in [1.82, 2.24) is 9.80 Å². The smallest absolute Gasteiger partial charge is 0.0586 e. The second kappa shape index (κ2) is 6.38. The fraction of sp³-hybridized carbons (Fsp3) is 1.00. The molecule has 0 bridgehead atoms. The molecule has 1 N–H and O–H groups in total. The van der Waals surface area contributed by atoms with Gasteiger partial charge in [0.2, 0.25) is 0 Å². The molecule has 0 aromatic rings. The van der Waals surface area contributed by atoms with Crippen molar-refractivity contribution in [3.63, 3.8) is 0 Å². The maximum absolute atomic E-state index is 9.16. The minimum absolute atomic E-state index is 0.332. The van der Waals surface area contributed by atoms with Crippen LogP contribution in [-0.2, 0) is 0 Å². The van der Waals surface area contributed by atoms with Crippen LogP contribution < -0.4 is 0 Å². The fourth-order valence-corrected chi connectivity index (χ4v) is 2.21. The quantitative estimate of drug-likeness (QED) is 0.686. The van der Waals surface area contributed by atoms with E-state index in [9.17, 15) is 0 Å². The van der Waals surface area contributed by atoms with Crippen molar-refractivity contribution in [1.29, 1.82) is 0 Å². The van der Waals surface area contributed by atoms with Crippen LogP contribution in [0.1, 0.15) is 26.7 Å². The highest BCUT2D eigenvalue weighted by molar-refractivity contribution is 4.78. The Hall–Kier alpha value is -0.120. The molecule has 1 fully saturated rings. The molecule has 0 amide bonds. The molecule has 1 aliphatic heterocycles. The SMILES string of the molecule is CCN(CC)CCN1CCC[C@H]1CO. The van der Waals surface area contributed by atoms with Gasteiger partial charge in [0, 0.05) is 19.1 Å². The van der Waals surface area contributed by atoms with Crippen LogP contribution in [0.3, 0.4) is 0 Å². The Morgan fingerprint density at radius 3 is 2.64 bits per heavy atom. The van der Waals surface area contributed by atoms with E-state index in [0.717, 1.165) is 26.2 Å². The number of aliphatic hydroxyl groups excluding tert-OH is 1. The summed E-state index contributed by atoms with van der Waals surface area (Å²) in [5.41, 5.74) is 0. The Bertz CT molecular complexity index is 148. The maximum Gasteiger partial charge on any atom is 0.0586 e. The van der Waals surface area contributed by atoms with Gasteiger partial charge in [0.05, 0.1) is 6.61 Å². The topological polar surface area (TPSA) is 26.7 Å². The molecular formula is C11H24N2O. The van der Waals surface area contributed by atoms with E-state index in [1.807, 2.05) is 0 Å². The monoisotopic (exact) mass is 200 g/mol. The normalized spacial score (nSPS) is 23.6. The van der Waals surface area contributed by atoms with Crippen molar-refractivity contribution in [3.8, 4) is 0 Å². The van der Waals surface area contributed by atoms with Crippen molar-refractivity contribution in [3.05, 3.63) is 0 Å². The second-order valence-corrected chi connectivity index (χ2v) is 4.04. The molecule has 0 radical (unpaired) electrons. The van der Waals surface area contributed by atoms with E-state index in [1.165, 1.54) is 19.4 Å². The molecule has 1 saturated heterocycles. The van der Waals surface area contributed by atoms with Gasteiger partial charge in [0.15, 0.2) is 0 Å². The highest BCUT2D eigenvalue weighted by atomic mass is 16.3. The Morgan fingerprint density at radius 2 is 2.07 bits per heavy atom. The number of hydrogen-bond donors (Lipinski definition) is 1. The first-order valence-electron chi connectivity index (χ1n) is 5.89. The summed E-state index contributed by atoms with van der Waals surface area (Å²) >= 11 is 0. The van der Waals surface area contributed by atoms with Gasteiger partial charge in [-0.25, -0.2) is 0 Å². The van der Waals surface area contributed by atoms with Crippen LogP contribution in [0, 0.1) is 0 Å². The third kappa shape index (κ3) is 3.23. The molecule has 1 aliphatic rings. The summed E-state index contributed by atoms with van der Waals surface area (Å²) in [4.78, 5) is 4.87. The van der Waals surface area contributed by atoms with Gasteiger partial charge in [-0.05, 0) is 32.5 Å². The molecule has 1 rings (SSSR count). The molecule has 0 saturated carbocycles. The highest BCUT2D eigenvalue weighted by Gasteiger charge is 2.23. The standard InChI is InChI=1S/C11H24N2O/c1-3-12(4-2)8-9-13-7-5-6-11(13)10-14/h11,14H,3-10H2,1-2H3/t11-/m0/s1. The lowest BCUT2D eigenvalue weighted by Gasteiger charge is -2.26. The molecular weight excluding hydrogens is 176 g/mol. The second-order valence-electron chi connectivity index (χ2n) is 4.04. The zero-order valence-corrected chi connectivity index (χ0v) is 9.58. The maximum atomic E-state index is 9.16. The van der Waals surface area contributed by atoms with E-state index in [-0.39, 0.29) is 0 Å². The summed E-state index contributed by atoms with van der Waals surface area (Å²) in [6.45, 7) is 10.4.